The van der Waals surface area contributed by atoms with Gasteiger partial charge in [-0.05, 0) is 18.6 Å². The summed E-state index contributed by atoms with van der Waals surface area (Å²) in [6.07, 6.45) is 1.57. The Bertz CT molecular complexity index is 742. The first-order chi connectivity index (χ1) is 9.74. The Kier molecular flexibility index (Phi) is 3.16. The largest absolute Gasteiger partial charge is 0.338 e. The normalized spacial score (nSPS) is 12.2. The molecule has 3 aromatic rings. The molecular weight excluding hydrogens is 254 g/mol. The first-order valence-corrected chi connectivity index (χ1v) is 6.32. The topological polar surface area (TPSA) is 71.8 Å². The molecule has 5 nitrogen and oxygen atoms in total. The van der Waals surface area contributed by atoms with E-state index in [-0.39, 0.29) is 11.5 Å². The molecule has 0 aliphatic rings. The first-order valence-electron chi connectivity index (χ1n) is 6.32. The predicted octanol–water partition coefficient (Wildman–Crippen LogP) is 2.58. The highest BCUT2D eigenvalue weighted by Crippen LogP contribution is 2.24. The molecule has 1 aromatic carbocycles. The van der Waals surface area contributed by atoms with Crippen molar-refractivity contribution in [3.05, 3.63) is 70.5 Å². The zero-order valence-electron chi connectivity index (χ0n) is 10.9. The molecule has 0 amide bonds. The molecular formula is C15H13N3O2. The minimum absolute atomic E-state index is 0.0280. The maximum absolute atomic E-state index is 11.0. The molecule has 0 fully saturated rings. The number of hydrogen-bond donors (Lipinski definition) is 1. The van der Waals surface area contributed by atoms with E-state index < -0.39 is 0 Å². The Morgan fingerprint density at radius 3 is 2.65 bits per heavy atom. The van der Waals surface area contributed by atoms with Crippen LogP contribution in [-0.4, -0.2) is 15.1 Å². The Labute approximate surface area is 115 Å². The molecule has 3 rings (SSSR count). The van der Waals surface area contributed by atoms with Gasteiger partial charge in [0.25, 0.3) is 0 Å². The van der Waals surface area contributed by atoms with Crippen LogP contribution in [0.5, 0.6) is 0 Å². The molecule has 0 spiro atoms. The third-order valence-corrected chi connectivity index (χ3v) is 3.15. The van der Waals surface area contributed by atoms with Gasteiger partial charge < -0.3 is 9.51 Å². The third-order valence-electron chi connectivity index (χ3n) is 3.15. The Morgan fingerprint density at radius 1 is 1.15 bits per heavy atom. The number of hydrogen-bond acceptors (Lipinski definition) is 4. The van der Waals surface area contributed by atoms with Crippen molar-refractivity contribution in [2.24, 2.45) is 0 Å². The number of nitrogens with zero attached hydrogens (tertiary/aromatic N) is 2. The number of benzene rings is 1. The molecule has 0 saturated heterocycles. The van der Waals surface area contributed by atoms with Crippen LogP contribution < -0.4 is 5.56 Å². The molecule has 0 aliphatic carbocycles. The van der Waals surface area contributed by atoms with E-state index in [1.807, 2.05) is 37.3 Å². The van der Waals surface area contributed by atoms with Crippen LogP contribution in [0, 0.1) is 0 Å². The van der Waals surface area contributed by atoms with Crippen LogP contribution in [0.15, 0.2) is 58.0 Å². The quantitative estimate of drug-likeness (QED) is 0.791. The SMILES string of the molecule is CC(c1ccccc1)c1nc(-c2ccc(=O)[nH]c2)no1. The van der Waals surface area contributed by atoms with E-state index >= 15 is 0 Å². The van der Waals surface area contributed by atoms with Crippen LogP contribution in [0.4, 0.5) is 0 Å². The van der Waals surface area contributed by atoms with Gasteiger partial charge in [-0.2, -0.15) is 4.98 Å². The highest BCUT2D eigenvalue weighted by Gasteiger charge is 2.16. The monoisotopic (exact) mass is 267 g/mol. The summed E-state index contributed by atoms with van der Waals surface area (Å²) in [4.78, 5) is 18.0. The second-order valence-electron chi connectivity index (χ2n) is 4.53. The predicted molar refractivity (Wildman–Crippen MR) is 74.3 cm³/mol. The molecule has 0 bridgehead atoms. The van der Waals surface area contributed by atoms with E-state index in [1.54, 1.807) is 12.3 Å². The molecule has 0 aliphatic heterocycles. The fourth-order valence-electron chi connectivity index (χ4n) is 1.96. The standard InChI is InChI=1S/C15H13N3O2/c1-10(11-5-3-2-4-6-11)15-17-14(18-20-15)12-7-8-13(19)16-9-12/h2-10H,1H3,(H,16,19). The lowest BCUT2D eigenvalue weighted by Crippen LogP contribution is -2.01. The number of nitrogens with one attached hydrogen (secondary N) is 1. The second kappa shape index (κ2) is 5.13. The molecule has 1 N–H and O–H groups in total. The molecule has 2 heterocycles. The van der Waals surface area contributed by atoms with E-state index in [4.69, 9.17) is 4.52 Å². The maximum atomic E-state index is 11.0. The molecule has 0 saturated carbocycles. The lowest BCUT2D eigenvalue weighted by atomic mass is 10.0. The Balaban J connectivity index is 1.90. The maximum Gasteiger partial charge on any atom is 0.247 e. The Hall–Kier alpha value is -2.69. The lowest BCUT2D eigenvalue weighted by Gasteiger charge is -2.05. The molecule has 2 aromatic heterocycles. The third kappa shape index (κ3) is 2.38. The summed E-state index contributed by atoms with van der Waals surface area (Å²) in [5.74, 6) is 1.05. The van der Waals surface area contributed by atoms with Crippen LogP contribution in [0.3, 0.4) is 0 Å². The highest BCUT2D eigenvalue weighted by molar-refractivity contribution is 5.52. The van der Waals surface area contributed by atoms with Crippen LogP contribution in [0.1, 0.15) is 24.3 Å². The van der Waals surface area contributed by atoms with Gasteiger partial charge in [-0.1, -0.05) is 35.5 Å². The van der Waals surface area contributed by atoms with Crippen molar-refractivity contribution in [1.82, 2.24) is 15.1 Å². The summed E-state index contributed by atoms with van der Waals surface area (Å²) in [6.45, 7) is 2.01. The van der Waals surface area contributed by atoms with Gasteiger partial charge in [-0.3, -0.25) is 4.79 Å². The van der Waals surface area contributed by atoms with Crippen LogP contribution in [-0.2, 0) is 0 Å². The summed E-state index contributed by atoms with van der Waals surface area (Å²) in [7, 11) is 0. The van der Waals surface area contributed by atoms with Gasteiger partial charge in [0, 0.05) is 17.8 Å². The molecule has 1 atom stereocenters. The molecule has 5 heteroatoms. The van der Waals surface area contributed by atoms with E-state index in [0.29, 0.717) is 11.7 Å². The fourth-order valence-corrected chi connectivity index (χ4v) is 1.96. The number of pyridine rings is 1. The van der Waals surface area contributed by atoms with Gasteiger partial charge >= 0.3 is 0 Å². The Morgan fingerprint density at radius 2 is 1.95 bits per heavy atom. The van der Waals surface area contributed by atoms with E-state index in [9.17, 15) is 4.79 Å². The summed E-state index contributed by atoms with van der Waals surface area (Å²) >= 11 is 0. The van der Waals surface area contributed by atoms with Crippen molar-refractivity contribution in [1.29, 1.82) is 0 Å². The zero-order chi connectivity index (χ0) is 13.9. The van der Waals surface area contributed by atoms with Gasteiger partial charge in [0.1, 0.15) is 0 Å². The summed E-state index contributed by atoms with van der Waals surface area (Å²) in [5.41, 5.74) is 1.68. The number of rotatable bonds is 3. The summed E-state index contributed by atoms with van der Waals surface area (Å²) < 4.78 is 5.31. The van der Waals surface area contributed by atoms with Crippen molar-refractivity contribution in [3.63, 3.8) is 0 Å². The average Bonchev–Trinajstić information content (AvgIpc) is 2.98. The smallest absolute Gasteiger partial charge is 0.247 e. The number of aromatic amines is 1. The van der Waals surface area contributed by atoms with Crippen molar-refractivity contribution in [2.75, 3.05) is 0 Å². The summed E-state index contributed by atoms with van der Waals surface area (Å²) in [6, 6.07) is 13.1. The van der Waals surface area contributed by atoms with Crippen molar-refractivity contribution in [2.45, 2.75) is 12.8 Å². The van der Waals surface area contributed by atoms with Crippen LogP contribution in [0.25, 0.3) is 11.4 Å². The zero-order valence-corrected chi connectivity index (χ0v) is 10.9. The molecule has 1 unspecified atom stereocenters. The first kappa shape index (κ1) is 12.3. The van der Waals surface area contributed by atoms with Crippen molar-refractivity contribution < 1.29 is 4.52 Å². The number of aromatic nitrogens is 3. The second-order valence-corrected chi connectivity index (χ2v) is 4.53. The van der Waals surface area contributed by atoms with Crippen molar-refractivity contribution >= 4 is 0 Å². The average molecular weight is 267 g/mol. The molecule has 100 valence electrons. The highest BCUT2D eigenvalue weighted by atomic mass is 16.5. The number of H-pyrrole nitrogens is 1. The van der Waals surface area contributed by atoms with Gasteiger partial charge in [0.05, 0.1) is 5.92 Å². The van der Waals surface area contributed by atoms with Crippen molar-refractivity contribution in [3.8, 4) is 11.4 Å². The van der Waals surface area contributed by atoms with E-state index in [0.717, 1.165) is 11.1 Å². The van der Waals surface area contributed by atoms with Gasteiger partial charge in [-0.15, -0.1) is 0 Å². The van der Waals surface area contributed by atoms with Crippen LogP contribution in [0.2, 0.25) is 0 Å². The minimum Gasteiger partial charge on any atom is -0.338 e. The van der Waals surface area contributed by atoms with E-state index in [2.05, 4.69) is 15.1 Å². The van der Waals surface area contributed by atoms with Gasteiger partial charge in [0.15, 0.2) is 0 Å². The molecule has 20 heavy (non-hydrogen) atoms. The minimum atomic E-state index is -0.157. The van der Waals surface area contributed by atoms with Crippen LogP contribution >= 0.6 is 0 Å². The lowest BCUT2D eigenvalue weighted by molar-refractivity contribution is 0.371. The summed E-state index contributed by atoms with van der Waals surface area (Å²) in [5, 5.41) is 3.95. The molecule has 0 radical (unpaired) electrons. The van der Waals surface area contributed by atoms with Gasteiger partial charge in [-0.25, -0.2) is 0 Å². The fraction of sp³-hybridized carbons (Fsp3) is 0.133. The van der Waals surface area contributed by atoms with Gasteiger partial charge in [0.2, 0.25) is 17.3 Å². The van der Waals surface area contributed by atoms with E-state index in [1.165, 1.54) is 6.07 Å².